The Labute approximate surface area is 113 Å². The van der Waals surface area contributed by atoms with Gasteiger partial charge in [0.2, 0.25) is 0 Å². The fraction of sp³-hybridized carbons (Fsp3) is 0.571. The molecule has 0 aliphatic rings. The molecule has 0 saturated carbocycles. The van der Waals surface area contributed by atoms with Gasteiger partial charge in [0.1, 0.15) is 11.4 Å². The van der Waals surface area contributed by atoms with E-state index in [1.807, 2.05) is 27.7 Å². The molecular formula is C14H22N2O3. The fourth-order valence-corrected chi connectivity index (χ4v) is 1.86. The van der Waals surface area contributed by atoms with E-state index in [1.54, 1.807) is 12.1 Å². The van der Waals surface area contributed by atoms with Crippen molar-refractivity contribution in [2.45, 2.75) is 40.2 Å². The molecule has 1 aromatic heterocycles. The van der Waals surface area contributed by atoms with Gasteiger partial charge in [-0.1, -0.05) is 20.8 Å². The molecule has 1 unspecified atom stereocenters. The molecule has 0 radical (unpaired) electrons. The third-order valence-corrected chi connectivity index (χ3v) is 3.04. The van der Waals surface area contributed by atoms with Crippen LogP contribution in [0, 0.1) is 12.3 Å². The van der Waals surface area contributed by atoms with Crippen LogP contribution in [0.2, 0.25) is 0 Å². The lowest BCUT2D eigenvalue weighted by molar-refractivity contribution is 0.0697. The summed E-state index contributed by atoms with van der Waals surface area (Å²) in [5.74, 6) is -0.646. The third kappa shape index (κ3) is 4.21. The maximum atomic E-state index is 11.2. The number of nitrogens with zero attached hydrogens (tertiary/aromatic N) is 1. The Kier molecular flexibility index (Phi) is 4.89. The van der Waals surface area contributed by atoms with Gasteiger partial charge in [0, 0.05) is 18.3 Å². The van der Waals surface area contributed by atoms with Crippen molar-refractivity contribution >= 4 is 11.8 Å². The third-order valence-electron chi connectivity index (χ3n) is 3.04. The molecule has 1 atom stereocenters. The second-order valence-electron chi connectivity index (χ2n) is 5.73. The van der Waals surface area contributed by atoms with Gasteiger partial charge in [-0.2, -0.15) is 0 Å². The lowest BCUT2D eigenvalue weighted by atomic mass is 9.85. The van der Waals surface area contributed by atoms with Gasteiger partial charge in [0.05, 0.1) is 0 Å². The summed E-state index contributed by atoms with van der Waals surface area (Å²) >= 11 is 0. The molecule has 0 aliphatic heterocycles. The number of hydrogen-bond donors (Lipinski definition) is 3. The van der Waals surface area contributed by atoms with Crippen molar-refractivity contribution in [1.29, 1.82) is 0 Å². The summed E-state index contributed by atoms with van der Waals surface area (Å²) in [5.41, 5.74) is 0.797. The number of rotatable bonds is 5. The maximum absolute atomic E-state index is 11.2. The predicted octanol–water partition coefficient (Wildman–Crippen LogP) is 2.30. The van der Waals surface area contributed by atoms with Crippen LogP contribution in [0.4, 0.5) is 5.82 Å². The van der Waals surface area contributed by atoms with Crippen molar-refractivity contribution in [2.75, 3.05) is 11.9 Å². The molecule has 0 aromatic carbocycles. The molecule has 5 nitrogen and oxygen atoms in total. The van der Waals surface area contributed by atoms with Crippen molar-refractivity contribution in [3.05, 3.63) is 23.4 Å². The quantitative estimate of drug-likeness (QED) is 0.761. The number of carboxylic acid groups (broad SMARTS) is 1. The van der Waals surface area contributed by atoms with Crippen LogP contribution in [0.3, 0.4) is 0 Å². The molecule has 3 N–H and O–H groups in total. The number of hydrogen-bond acceptors (Lipinski definition) is 4. The van der Waals surface area contributed by atoms with E-state index in [1.165, 1.54) is 0 Å². The first-order valence-corrected chi connectivity index (χ1v) is 6.34. The zero-order valence-corrected chi connectivity index (χ0v) is 11.9. The van der Waals surface area contributed by atoms with Gasteiger partial charge >= 0.3 is 5.97 Å². The van der Waals surface area contributed by atoms with E-state index >= 15 is 0 Å². The molecule has 106 valence electrons. The molecule has 19 heavy (non-hydrogen) atoms. The van der Waals surface area contributed by atoms with Gasteiger partial charge in [0.15, 0.2) is 0 Å². The van der Waals surface area contributed by atoms with Crippen molar-refractivity contribution in [3.8, 4) is 0 Å². The molecule has 0 aliphatic carbocycles. The summed E-state index contributed by atoms with van der Waals surface area (Å²) in [6, 6.07) is 3.17. The number of aliphatic hydroxyl groups is 1. The van der Waals surface area contributed by atoms with Crippen LogP contribution in [0.25, 0.3) is 0 Å². The molecule has 1 heterocycles. The number of carbonyl (C=O) groups is 1. The Morgan fingerprint density at radius 2 is 2.05 bits per heavy atom. The highest BCUT2D eigenvalue weighted by Crippen LogP contribution is 2.26. The van der Waals surface area contributed by atoms with E-state index in [4.69, 9.17) is 5.11 Å². The highest BCUT2D eigenvalue weighted by Gasteiger charge is 2.26. The topological polar surface area (TPSA) is 82.5 Å². The van der Waals surface area contributed by atoms with Crippen molar-refractivity contribution in [3.63, 3.8) is 0 Å². The summed E-state index contributed by atoms with van der Waals surface area (Å²) < 4.78 is 0. The number of carboxylic acids is 1. The van der Waals surface area contributed by atoms with Crippen LogP contribution in [0.15, 0.2) is 12.1 Å². The highest BCUT2D eigenvalue weighted by molar-refractivity contribution is 5.93. The van der Waals surface area contributed by atoms with E-state index in [9.17, 15) is 9.90 Å². The number of aliphatic hydroxyl groups excluding tert-OH is 1. The van der Waals surface area contributed by atoms with Crippen LogP contribution in [0.1, 0.15) is 43.2 Å². The minimum Gasteiger partial charge on any atom is -0.478 e. The molecule has 1 aromatic rings. The number of aryl methyl sites for hydroxylation is 1. The Morgan fingerprint density at radius 1 is 1.42 bits per heavy atom. The fourth-order valence-electron chi connectivity index (χ4n) is 1.86. The normalized spacial score (nSPS) is 13.1. The predicted molar refractivity (Wildman–Crippen MR) is 74.5 cm³/mol. The number of pyridine rings is 1. The van der Waals surface area contributed by atoms with Crippen LogP contribution >= 0.6 is 0 Å². The molecule has 0 spiro atoms. The van der Waals surface area contributed by atoms with Crippen molar-refractivity contribution < 1.29 is 15.0 Å². The van der Waals surface area contributed by atoms with E-state index in [0.29, 0.717) is 12.2 Å². The average Bonchev–Trinajstić information content (AvgIpc) is 2.26. The highest BCUT2D eigenvalue weighted by atomic mass is 16.4. The summed E-state index contributed by atoms with van der Waals surface area (Å²) in [7, 11) is 0. The van der Waals surface area contributed by atoms with Crippen molar-refractivity contribution in [2.24, 2.45) is 5.41 Å². The standard InChI is InChI=1S/C14H22N2O3/c1-9-5-6-10(13(18)19)12(15-9)16-11(7-8-17)14(2,3)4/h5-6,11,17H,7-8H2,1-4H3,(H,15,16)(H,18,19). The summed E-state index contributed by atoms with van der Waals surface area (Å²) in [6.45, 7) is 7.97. The van der Waals surface area contributed by atoms with Crippen LogP contribution < -0.4 is 5.32 Å². The summed E-state index contributed by atoms with van der Waals surface area (Å²) in [4.78, 5) is 15.4. The van der Waals surface area contributed by atoms with E-state index in [-0.39, 0.29) is 23.6 Å². The van der Waals surface area contributed by atoms with E-state index < -0.39 is 5.97 Å². The first-order chi connectivity index (χ1) is 8.75. The molecular weight excluding hydrogens is 244 g/mol. The number of aromatic carboxylic acids is 1. The van der Waals surface area contributed by atoms with Gasteiger partial charge in [-0.3, -0.25) is 0 Å². The largest absolute Gasteiger partial charge is 0.478 e. The van der Waals surface area contributed by atoms with Crippen LogP contribution in [-0.2, 0) is 0 Å². The van der Waals surface area contributed by atoms with Gasteiger partial charge in [-0.15, -0.1) is 0 Å². The second kappa shape index (κ2) is 6.02. The number of anilines is 1. The maximum Gasteiger partial charge on any atom is 0.339 e. The molecule has 0 fully saturated rings. The average molecular weight is 266 g/mol. The summed E-state index contributed by atoms with van der Waals surface area (Å²) in [5, 5.41) is 21.5. The van der Waals surface area contributed by atoms with Crippen molar-refractivity contribution in [1.82, 2.24) is 4.98 Å². The Bertz CT molecular complexity index is 452. The minimum absolute atomic E-state index is 0.0448. The molecule has 0 amide bonds. The smallest absolute Gasteiger partial charge is 0.339 e. The number of nitrogens with one attached hydrogen (secondary N) is 1. The zero-order chi connectivity index (χ0) is 14.6. The Morgan fingerprint density at radius 3 is 2.53 bits per heavy atom. The Hall–Kier alpha value is -1.62. The molecule has 5 heteroatoms. The number of aromatic nitrogens is 1. The SMILES string of the molecule is Cc1ccc(C(=O)O)c(NC(CCO)C(C)(C)C)n1. The van der Waals surface area contributed by atoms with Gasteiger partial charge in [0.25, 0.3) is 0 Å². The lowest BCUT2D eigenvalue weighted by Gasteiger charge is -2.32. The molecule has 0 saturated heterocycles. The van der Waals surface area contributed by atoms with E-state index in [0.717, 1.165) is 5.69 Å². The monoisotopic (exact) mass is 266 g/mol. The first kappa shape index (κ1) is 15.4. The van der Waals surface area contributed by atoms with Crippen LogP contribution in [0.5, 0.6) is 0 Å². The zero-order valence-electron chi connectivity index (χ0n) is 11.9. The molecule has 1 rings (SSSR count). The first-order valence-electron chi connectivity index (χ1n) is 6.34. The van der Waals surface area contributed by atoms with Crippen LogP contribution in [-0.4, -0.2) is 33.8 Å². The molecule has 0 bridgehead atoms. The van der Waals surface area contributed by atoms with E-state index in [2.05, 4.69) is 10.3 Å². The lowest BCUT2D eigenvalue weighted by Crippen LogP contribution is -2.35. The van der Waals surface area contributed by atoms with Gasteiger partial charge in [-0.05, 0) is 30.9 Å². The summed E-state index contributed by atoms with van der Waals surface area (Å²) in [6.07, 6.45) is 0.540. The second-order valence-corrected chi connectivity index (χ2v) is 5.73. The van der Waals surface area contributed by atoms with Gasteiger partial charge < -0.3 is 15.5 Å². The Balaban J connectivity index is 3.08. The van der Waals surface area contributed by atoms with Gasteiger partial charge in [-0.25, -0.2) is 9.78 Å². The minimum atomic E-state index is -1.01.